The van der Waals surface area contributed by atoms with E-state index in [2.05, 4.69) is 36.5 Å². The van der Waals surface area contributed by atoms with Gasteiger partial charge in [0.15, 0.2) is 5.82 Å². The van der Waals surface area contributed by atoms with Crippen molar-refractivity contribution in [3.8, 4) is 11.4 Å². The van der Waals surface area contributed by atoms with Crippen LogP contribution in [0, 0.1) is 0 Å². The molecule has 0 amide bonds. The van der Waals surface area contributed by atoms with E-state index in [1.165, 1.54) is 6.33 Å². The highest BCUT2D eigenvalue weighted by Crippen LogP contribution is 2.32. The molecule has 1 fully saturated rings. The zero-order valence-electron chi connectivity index (χ0n) is 18.7. The minimum atomic E-state index is 0.161. The van der Waals surface area contributed by atoms with Gasteiger partial charge >= 0.3 is 0 Å². The third-order valence-electron chi connectivity index (χ3n) is 5.98. The normalized spacial score (nSPS) is 15.5. The molecule has 0 aliphatic carbocycles. The van der Waals surface area contributed by atoms with Crippen LogP contribution >= 0.6 is 11.6 Å². The van der Waals surface area contributed by atoms with Crippen LogP contribution in [0.1, 0.15) is 44.1 Å². The lowest BCUT2D eigenvalue weighted by Crippen LogP contribution is -2.39. The van der Waals surface area contributed by atoms with Crippen LogP contribution in [0.2, 0.25) is 5.02 Å². The highest BCUT2D eigenvalue weighted by Gasteiger charge is 2.19. The number of nitrogens with zero attached hydrogens (tertiary/aromatic N) is 6. The maximum Gasteiger partial charge on any atom is 0.229 e. The molecule has 9 nitrogen and oxygen atoms in total. The van der Waals surface area contributed by atoms with Crippen molar-refractivity contribution in [2.45, 2.75) is 45.2 Å². The molecule has 172 valence electrons. The van der Waals surface area contributed by atoms with Crippen LogP contribution in [0.25, 0.3) is 16.9 Å². The summed E-state index contributed by atoms with van der Waals surface area (Å²) >= 11 is 6.53. The van der Waals surface area contributed by atoms with Gasteiger partial charge in [0.2, 0.25) is 11.7 Å². The number of nitrogens with one attached hydrogen (secondary N) is 1. The molecule has 1 aromatic carbocycles. The molecule has 4 aromatic rings. The Morgan fingerprint density at radius 2 is 2.06 bits per heavy atom. The lowest BCUT2D eigenvalue weighted by atomic mass is 10.1. The first kappa shape index (κ1) is 21.8. The molecule has 10 heteroatoms. The number of aromatic nitrogens is 5. The van der Waals surface area contributed by atoms with Gasteiger partial charge < -0.3 is 15.6 Å². The van der Waals surface area contributed by atoms with Crippen molar-refractivity contribution >= 4 is 28.6 Å². The van der Waals surface area contributed by atoms with E-state index in [9.17, 15) is 0 Å². The minimum Gasteiger partial charge on any atom is -0.339 e. The number of piperidine rings is 1. The number of anilines is 2. The second kappa shape index (κ2) is 9.09. The van der Waals surface area contributed by atoms with Crippen LogP contribution in [-0.2, 0) is 6.54 Å². The largest absolute Gasteiger partial charge is 0.339 e. The average molecular weight is 467 g/mol. The van der Waals surface area contributed by atoms with Gasteiger partial charge in [-0.2, -0.15) is 10.1 Å². The monoisotopic (exact) mass is 466 g/mol. The second-order valence-corrected chi connectivity index (χ2v) is 9.19. The van der Waals surface area contributed by atoms with Crippen molar-refractivity contribution in [2.24, 2.45) is 5.73 Å². The Bertz CT molecular complexity index is 1260. The summed E-state index contributed by atoms with van der Waals surface area (Å²) in [5, 5.41) is 12.5. The van der Waals surface area contributed by atoms with Crippen molar-refractivity contribution in [3.63, 3.8) is 0 Å². The standard InChI is InChI=1S/C23H27ClN8O/c1-14(2)23-29-21(30-33-23)15-3-4-18(24)19(11-15)28-22-20-16(5-10-32(20)27-13-26-22)12-31-8-6-17(25)7-9-31/h3-5,10-11,13-14,17H,6-9,12,25H2,1-2H3,(H,26,27,28). The molecular weight excluding hydrogens is 440 g/mol. The summed E-state index contributed by atoms with van der Waals surface area (Å²) in [6.45, 7) is 6.83. The maximum atomic E-state index is 6.53. The molecular formula is C23H27ClN8O. The fraction of sp³-hybridized carbons (Fsp3) is 0.391. The molecule has 0 radical (unpaired) electrons. The van der Waals surface area contributed by atoms with Gasteiger partial charge in [-0.3, -0.25) is 4.90 Å². The third-order valence-corrected chi connectivity index (χ3v) is 6.31. The third kappa shape index (κ3) is 4.57. The predicted molar refractivity (Wildman–Crippen MR) is 128 cm³/mol. The molecule has 0 bridgehead atoms. The van der Waals surface area contributed by atoms with Gasteiger partial charge in [0.25, 0.3) is 0 Å². The molecule has 1 saturated heterocycles. The summed E-state index contributed by atoms with van der Waals surface area (Å²) in [7, 11) is 0. The number of halogens is 1. The first-order valence-corrected chi connectivity index (χ1v) is 11.6. The van der Waals surface area contributed by atoms with Gasteiger partial charge in [0.1, 0.15) is 11.8 Å². The number of rotatable bonds is 6. The van der Waals surface area contributed by atoms with Gasteiger partial charge in [-0.15, -0.1) is 0 Å². The Morgan fingerprint density at radius 3 is 2.82 bits per heavy atom. The Kier molecular flexibility index (Phi) is 6.01. The van der Waals surface area contributed by atoms with Crippen molar-refractivity contribution in [1.29, 1.82) is 0 Å². The SMILES string of the molecule is CC(C)c1nc(-c2ccc(Cl)c(Nc3ncnn4ccc(CN5CCC(N)CC5)c34)c2)no1. The van der Waals surface area contributed by atoms with Crippen LogP contribution in [0.15, 0.2) is 41.3 Å². The molecule has 4 heterocycles. The lowest BCUT2D eigenvalue weighted by Gasteiger charge is -2.29. The quantitative estimate of drug-likeness (QED) is 0.434. The number of fused-ring (bicyclic) bond motifs is 1. The molecule has 33 heavy (non-hydrogen) atoms. The number of hydrogen-bond acceptors (Lipinski definition) is 8. The van der Waals surface area contributed by atoms with Gasteiger partial charge in [0.05, 0.1) is 10.7 Å². The van der Waals surface area contributed by atoms with E-state index in [4.69, 9.17) is 21.9 Å². The summed E-state index contributed by atoms with van der Waals surface area (Å²) in [4.78, 5) is 11.4. The number of hydrogen-bond donors (Lipinski definition) is 2. The minimum absolute atomic E-state index is 0.161. The molecule has 1 aliphatic rings. The van der Waals surface area contributed by atoms with Crippen molar-refractivity contribution < 1.29 is 4.52 Å². The number of nitrogens with two attached hydrogens (primary N) is 1. The van der Waals surface area contributed by atoms with Gasteiger partial charge in [-0.25, -0.2) is 9.50 Å². The van der Waals surface area contributed by atoms with Crippen molar-refractivity contribution in [2.75, 3.05) is 18.4 Å². The van der Waals surface area contributed by atoms with E-state index in [-0.39, 0.29) is 5.92 Å². The van der Waals surface area contributed by atoms with Gasteiger partial charge in [-0.1, -0.05) is 30.6 Å². The maximum absolute atomic E-state index is 6.53. The van der Waals surface area contributed by atoms with Crippen molar-refractivity contribution in [1.82, 2.24) is 29.6 Å². The molecule has 0 spiro atoms. The van der Waals surface area contributed by atoms with Gasteiger partial charge in [0, 0.05) is 30.3 Å². The van der Waals surface area contributed by atoms with Crippen LogP contribution < -0.4 is 11.1 Å². The molecule has 0 atom stereocenters. The van der Waals surface area contributed by atoms with E-state index < -0.39 is 0 Å². The summed E-state index contributed by atoms with van der Waals surface area (Å²) < 4.78 is 7.20. The summed E-state index contributed by atoms with van der Waals surface area (Å²) in [5.41, 5.74) is 9.67. The van der Waals surface area contributed by atoms with E-state index in [1.54, 1.807) is 0 Å². The number of benzene rings is 1. The zero-order chi connectivity index (χ0) is 22.9. The van der Waals surface area contributed by atoms with Crippen LogP contribution in [0.4, 0.5) is 11.5 Å². The van der Waals surface area contributed by atoms with Gasteiger partial charge in [-0.05, 0) is 55.8 Å². The summed E-state index contributed by atoms with van der Waals surface area (Å²) in [6.07, 6.45) is 5.53. The topological polar surface area (TPSA) is 110 Å². The zero-order valence-corrected chi connectivity index (χ0v) is 19.5. The lowest BCUT2D eigenvalue weighted by molar-refractivity contribution is 0.206. The fourth-order valence-electron chi connectivity index (χ4n) is 4.06. The second-order valence-electron chi connectivity index (χ2n) is 8.79. The van der Waals surface area contributed by atoms with Crippen LogP contribution in [-0.4, -0.2) is 48.8 Å². The molecule has 3 aromatic heterocycles. The predicted octanol–water partition coefficient (Wildman–Crippen LogP) is 4.22. The van der Waals surface area contributed by atoms with Crippen LogP contribution in [0.3, 0.4) is 0 Å². The van der Waals surface area contributed by atoms with E-state index in [1.807, 2.05) is 42.8 Å². The van der Waals surface area contributed by atoms with E-state index in [0.717, 1.165) is 49.1 Å². The smallest absolute Gasteiger partial charge is 0.229 e. The molecule has 5 rings (SSSR count). The Balaban J connectivity index is 1.44. The highest BCUT2D eigenvalue weighted by atomic mass is 35.5. The Hall–Kier alpha value is -3.01. The summed E-state index contributed by atoms with van der Waals surface area (Å²) in [6, 6.07) is 8.00. The Morgan fingerprint density at radius 1 is 1.24 bits per heavy atom. The molecule has 0 unspecified atom stereocenters. The van der Waals surface area contributed by atoms with E-state index in [0.29, 0.717) is 34.3 Å². The summed E-state index contributed by atoms with van der Waals surface area (Å²) in [5.74, 6) is 1.98. The van der Waals surface area contributed by atoms with Crippen molar-refractivity contribution in [3.05, 3.63) is 53.3 Å². The average Bonchev–Trinajstić information content (AvgIpc) is 3.45. The first-order chi connectivity index (χ1) is 16.0. The molecule has 0 saturated carbocycles. The van der Waals surface area contributed by atoms with Crippen LogP contribution in [0.5, 0.6) is 0 Å². The molecule has 3 N–H and O–H groups in total. The highest BCUT2D eigenvalue weighted by molar-refractivity contribution is 6.33. The Labute approximate surface area is 196 Å². The number of likely N-dealkylation sites (tertiary alicyclic amines) is 1. The fourth-order valence-corrected chi connectivity index (χ4v) is 4.23. The molecule has 1 aliphatic heterocycles. The first-order valence-electron chi connectivity index (χ1n) is 11.2. The van der Waals surface area contributed by atoms with E-state index >= 15 is 0 Å².